The van der Waals surface area contributed by atoms with Crippen molar-refractivity contribution in [2.45, 2.75) is 6.54 Å². The lowest BCUT2D eigenvalue weighted by Crippen LogP contribution is -2.21. The standard InChI is InChI=1S/C55H35N3/c1-57-51-16-8-9-17-52(51)58-34-44-24-21-40(31-49(44)45-26-18-35(33-56)28-53(45)58)41-25-27-48-50(32-41)55(43-23-20-37-11-3-5-13-39(37)30-43)47-15-7-6-14-46(47)54(48)42-22-19-36-10-2-4-12-38(36)29-42/h2-32H,1,34H2. The number of rotatable bonds is 5. The SMILES string of the molecule is C=Nc1ccccc1N1Cc2ccc(-c3ccc4c(-c5ccc6ccccc6c5)c5ccccc5c(-c5ccc6ccccc6c5)c4c3)cc2-c2ccc(C#N)cc21. The molecule has 1 aliphatic heterocycles. The number of anilines is 2. The Bertz CT molecular complexity index is 3370. The molecular weight excluding hydrogens is 703 g/mol. The molecule has 0 N–H and O–H groups in total. The van der Waals surface area contributed by atoms with Crippen LogP contribution in [-0.2, 0) is 6.54 Å². The average Bonchev–Trinajstić information content (AvgIpc) is 3.29. The molecule has 58 heavy (non-hydrogen) atoms. The molecule has 10 aromatic carbocycles. The molecule has 270 valence electrons. The molecule has 0 spiro atoms. The zero-order chi connectivity index (χ0) is 38.7. The molecule has 0 atom stereocenters. The third kappa shape index (κ3) is 5.39. The van der Waals surface area contributed by atoms with Crippen LogP contribution in [0.1, 0.15) is 11.1 Å². The number of hydrogen-bond acceptors (Lipinski definition) is 3. The zero-order valence-corrected chi connectivity index (χ0v) is 31.7. The summed E-state index contributed by atoms with van der Waals surface area (Å²) in [5, 5.41) is 19.8. The van der Waals surface area contributed by atoms with Crippen LogP contribution in [0, 0.1) is 11.3 Å². The first-order valence-corrected chi connectivity index (χ1v) is 19.6. The van der Waals surface area contributed by atoms with Gasteiger partial charge in [0.15, 0.2) is 0 Å². The summed E-state index contributed by atoms with van der Waals surface area (Å²) in [6.07, 6.45) is 0. The van der Waals surface area contributed by atoms with Gasteiger partial charge in [0.25, 0.3) is 0 Å². The van der Waals surface area contributed by atoms with Crippen LogP contribution in [0.2, 0.25) is 0 Å². The first-order chi connectivity index (χ1) is 28.6. The number of aliphatic imine (C=N–C) groups is 1. The highest BCUT2D eigenvalue weighted by Gasteiger charge is 2.26. The fraction of sp³-hybridized carbons (Fsp3) is 0.0182. The van der Waals surface area contributed by atoms with E-state index in [0.29, 0.717) is 12.1 Å². The fourth-order valence-electron chi connectivity index (χ4n) is 9.16. The lowest BCUT2D eigenvalue weighted by Gasteiger charge is -2.34. The second kappa shape index (κ2) is 13.4. The molecule has 0 radical (unpaired) electrons. The molecular formula is C55H35N3. The van der Waals surface area contributed by atoms with Crippen molar-refractivity contribution < 1.29 is 0 Å². The van der Waals surface area contributed by atoms with E-state index in [4.69, 9.17) is 0 Å². The number of nitrogens with zero attached hydrogens (tertiary/aromatic N) is 3. The summed E-state index contributed by atoms with van der Waals surface area (Å²) in [6.45, 7) is 4.50. The number of hydrogen-bond donors (Lipinski definition) is 0. The lowest BCUT2D eigenvalue weighted by molar-refractivity contribution is 0.960. The van der Waals surface area contributed by atoms with Crippen molar-refractivity contribution in [1.82, 2.24) is 0 Å². The summed E-state index contributed by atoms with van der Waals surface area (Å²) in [5.41, 5.74) is 14.0. The van der Waals surface area contributed by atoms with Gasteiger partial charge in [0.1, 0.15) is 0 Å². The highest BCUT2D eigenvalue weighted by atomic mass is 15.2. The Morgan fingerprint density at radius 3 is 1.71 bits per heavy atom. The Labute approximate surface area is 337 Å². The zero-order valence-electron chi connectivity index (χ0n) is 31.7. The summed E-state index contributed by atoms with van der Waals surface area (Å²) < 4.78 is 0. The first-order valence-electron chi connectivity index (χ1n) is 19.6. The van der Waals surface area contributed by atoms with Gasteiger partial charge in [-0.1, -0.05) is 140 Å². The summed E-state index contributed by atoms with van der Waals surface area (Å²) in [5.74, 6) is 0. The van der Waals surface area contributed by atoms with Crippen LogP contribution < -0.4 is 4.90 Å². The van der Waals surface area contributed by atoms with Crippen molar-refractivity contribution in [2.24, 2.45) is 4.99 Å². The molecule has 0 bridgehead atoms. The van der Waals surface area contributed by atoms with E-state index >= 15 is 0 Å². The van der Waals surface area contributed by atoms with Crippen molar-refractivity contribution >= 4 is 66.9 Å². The van der Waals surface area contributed by atoms with Crippen LogP contribution in [0.5, 0.6) is 0 Å². The van der Waals surface area contributed by atoms with Crippen molar-refractivity contribution in [3.8, 4) is 50.6 Å². The average molecular weight is 738 g/mol. The van der Waals surface area contributed by atoms with Gasteiger partial charge in [-0.3, -0.25) is 4.99 Å². The topological polar surface area (TPSA) is 39.4 Å². The van der Waals surface area contributed by atoms with Crippen LogP contribution in [0.4, 0.5) is 17.1 Å². The van der Waals surface area contributed by atoms with Crippen LogP contribution >= 0.6 is 0 Å². The Morgan fingerprint density at radius 1 is 0.448 bits per heavy atom. The van der Waals surface area contributed by atoms with Gasteiger partial charge in [0, 0.05) is 12.1 Å². The molecule has 3 nitrogen and oxygen atoms in total. The molecule has 1 aliphatic rings. The second-order valence-electron chi connectivity index (χ2n) is 15.1. The predicted octanol–water partition coefficient (Wildman–Crippen LogP) is 14.8. The van der Waals surface area contributed by atoms with Crippen molar-refractivity contribution in [3.63, 3.8) is 0 Å². The maximum atomic E-state index is 9.94. The molecule has 10 aromatic rings. The van der Waals surface area contributed by atoms with Crippen LogP contribution in [0.15, 0.2) is 193 Å². The number of nitriles is 1. The minimum Gasteiger partial charge on any atom is -0.335 e. The minimum atomic E-state index is 0.623. The summed E-state index contributed by atoms with van der Waals surface area (Å²) in [6, 6.07) is 70.1. The number of benzene rings is 10. The second-order valence-corrected chi connectivity index (χ2v) is 15.1. The van der Waals surface area contributed by atoms with Gasteiger partial charge in [-0.05, 0) is 143 Å². The molecule has 0 aliphatic carbocycles. The monoisotopic (exact) mass is 737 g/mol. The highest BCUT2D eigenvalue weighted by Crippen LogP contribution is 2.49. The predicted molar refractivity (Wildman–Crippen MR) is 244 cm³/mol. The van der Waals surface area contributed by atoms with Crippen LogP contribution in [0.3, 0.4) is 0 Å². The van der Waals surface area contributed by atoms with Crippen molar-refractivity contribution in [1.29, 1.82) is 5.26 Å². The molecule has 0 saturated carbocycles. The number of para-hydroxylation sites is 2. The van der Waals surface area contributed by atoms with Crippen LogP contribution in [0.25, 0.3) is 87.6 Å². The van der Waals surface area contributed by atoms with Gasteiger partial charge < -0.3 is 4.90 Å². The Hall–Kier alpha value is -7.80. The molecule has 0 saturated heterocycles. The Kier molecular flexibility index (Phi) is 7.77. The normalized spacial score (nSPS) is 12.1. The minimum absolute atomic E-state index is 0.623. The molecule has 11 rings (SSSR count). The molecule has 1 heterocycles. The number of fused-ring (bicyclic) bond motifs is 7. The Morgan fingerprint density at radius 2 is 1.02 bits per heavy atom. The molecule has 0 amide bonds. The molecule has 0 fully saturated rings. The molecule has 3 heteroatoms. The largest absolute Gasteiger partial charge is 0.335 e. The van der Waals surface area contributed by atoms with Crippen LogP contribution in [-0.4, -0.2) is 6.72 Å². The highest BCUT2D eigenvalue weighted by molar-refractivity contribution is 6.22. The molecule has 0 unspecified atom stereocenters. The molecule has 0 aromatic heterocycles. The van der Waals surface area contributed by atoms with Gasteiger partial charge >= 0.3 is 0 Å². The Balaban J connectivity index is 1.14. The quantitative estimate of drug-likeness (QED) is 0.130. The van der Waals surface area contributed by atoms with Gasteiger partial charge in [0.05, 0.1) is 28.7 Å². The summed E-state index contributed by atoms with van der Waals surface area (Å²) in [7, 11) is 0. The smallest absolute Gasteiger partial charge is 0.0992 e. The van der Waals surface area contributed by atoms with Gasteiger partial charge in [-0.25, -0.2) is 0 Å². The maximum Gasteiger partial charge on any atom is 0.0992 e. The summed E-state index contributed by atoms with van der Waals surface area (Å²) in [4.78, 5) is 6.60. The van der Waals surface area contributed by atoms with Gasteiger partial charge in [0.2, 0.25) is 0 Å². The third-order valence-electron chi connectivity index (χ3n) is 11.9. The van der Waals surface area contributed by atoms with Gasteiger partial charge in [-0.15, -0.1) is 0 Å². The van der Waals surface area contributed by atoms with Crippen molar-refractivity contribution in [2.75, 3.05) is 4.90 Å². The maximum absolute atomic E-state index is 9.94. The van der Waals surface area contributed by atoms with E-state index in [1.54, 1.807) is 0 Å². The van der Waals surface area contributed by atoms with Gasteiger partial charge in [-0.2, -0.15) is 5.26 Å². The van der Waals surface area contributed by atoms with E-state index in [-0.39, 0.29) is 0 Å². The van der Waals surface area contributed by atoms with E-state index in [1.165, 1.54) is 76.5 Å². The lowest BCUT2D eigenvalue weighted by atomic mass is 9.83. The van der Waals surface area contributed by atoms with E-state index in [9.17, 15) is 5.26 Å². The third-order valence-corrected chi connectivity index (χ3v) is 11.9. The summed E-state index contributed by atoms with van der Waals surface area (Å²) >= 11 is 0. The fourth-order valence-corrected chi connectivity index (χ4v) is 9.16. The van der Waals surface area contributed by atoms with Crippen molar-refractivity contribution in [3.05, 3.63) is 199 Å². The first kappa shape index (κ1) is 33.5. The van der Waals surface area contributed by atoms with E-state index in [2.05, 4.69) is 180 Å². The van der Waals surface area contributed by atoms with E-state index in [0.717, 1.165) is 33.8 Å². The van der Waals surface area contributed by atoms with E-state index < -0.39 is 0 Å². The van der Waals surface area contributed by atoms with E-state index in [1.807, 2.05) is 30.3 Å².